The standard InChI is InChI=1S/C23H23N3O3S2/c1-2-15-26(18-10-4-3-5-11-18)31(28,29)19-12-8-9-17(16-19)22(27)25-23-24-20-13-6-7-14-21(20)30-23/h2-5,8-12,16H,1,6-7,13-15H2,(H,24,25,27). The summed E-state index contributed by atoms with van der Waals surface area (Å²) in [6.45, 7) is 3.80. The van der Waals surface area contributed by atoms with Crippen molar-refractivity contribution in [2.75, 3.05) is 16.2 Å². The molecule has 0 aliphatic heterocycles. The van der Waals surface area contributed by atoms with E-state index < -0.39 is 10.0 Å². The zero-order valence-corrected chi connectivity index (χ0v) is 18.6. The summed E-state index contributed by atoms with van der Waals surface area (Å²) in [4.78, 5) is 18.6. The summed E-state index contributed by atoms with van der Waals surface area (Å²) in [5.74, 6) is -0.377. The highest BCUT2D eigenvalue weighted by Crippen LogP contribution is 2.30. The van der Waals surface area contributed by atoms with Crippen LogP contribution >= 0.6 is 11.3 Å². The van der Waals surface area contributed by atoms with E-state index in [1.807, 2.05) is 6.07 Å². The Kier molecular flexibility index (Phi) is 6.20. The largest absolute Gasteiger partial charge is 0.298 e. The second kappa shape index (κ2) is 9.03. The van der Waals surface area contributed by atoms with Gasteiger partial charge >= 0.3 is 0 Å². The van der Waals surface area contributed by atoms with E-state index in [2.05, 4.69) is 16.9 Å². The molecule has 0 radical (unpaired) electrons. The lowest BCUT2D eigenvalue weighted by Crippen LogP contribution is -2.31. The molecule has 1 N–H and O–H groups in total. The van der Waals surface area contributed by atoms with Crippen molar-refractivity contribution in [3.63, 3.8) is 0 Å². The van der Waals surface area contributed by atoms with Crippen LogP contribution in [0.1, 0.15) is 33.8 Å². The molecule has 0 unspecified atom stereocenters. The maximum absolute atomic E-state index is 13.3. The maximum atomic E-state index is 13.3. The molecule has 0 bridgehead atoms. The number of carbonyl (C=O) groups is 1. The molecule has 1 heterocycles. The van der Waals surface area contributed by atoms with Gasteiger partial charge in [0.05, 0.1) is 22.8 Å². The second-order valence-corrected chi connectivity index (χ2v) is 10.2. The number of rotatable bonds is 7. The van der Waals surface area contributed by atoms with E-state index in [1.165, 1.54) is 38.7 Å². The Balaban J connectivity index is 1.60. The molecule has 160 valence electrons. The number of thiazole rings is 1. The third-order valence-electron chi connectivity index (χ3n) is 5.09. The van der Waals surface area contributed by atoms with Crippen LogP contribution in [0.3, 0.4) is 0 Å². The molecule has 0 saturated heterocycles. The predicted molar refractivity (Wildman–Crippen MR) is 124 cm³/mol. The van der Waals surface area contributed by atoms with Crippen molar-refractivity contribution in [2.45, 2.75) is 30.6 Å². The van der Waals surface area contributed by atoms with Gasteiger partial charge in [0.1, 0.15) is 0 Å². The highest BCUT2D eigenvalue weighted by Gasteiger charge is 2.25. The van der Waals surface area contributed by atoms with Crippen LogP contribution in [0.5, 0.6) is 0 Å². The molecule has 4 rings (SSSR count). The van der Waals surface area contributed by atoms with Crippen molar-refractivity contribution in [1.82, 2.24) is 4.98 Å². The van der Waals surface area contributed by atoms with Crippen molar-refractivity contribution in [3.05, 3.63) is 83.4 Å². The number of carbonyl (C=O) groups excluding carboxylic acids is 1. The molecule has 6 nitrogen and oxygen atoms in total. The molecule has 31 heavy (non-hydrogen) atoms. The fourth-order valence-corrected chi connectivity index (χ4v) is 6.08. The molecule has 0 saturated carbocycles. The van der Waals surface area contributed by atoms with Crippen LogP contribution in [0.25, 0.3) is 0 Å². The van der Waals surface area contributed by atoms with E-state index in [0.29, 0.717) is 10.8 Å². The quantitative estimate of drug-likeness (QED) is 0.528. The van der Waals surface area contributed by atoms with E-state index in [1.54, 1.807) is 36.4 Å². The second-order valence-electron chi connectivity index (χ2n) is 7.24. The lowest BCUT2D eigenvalue weighted by atomic mass is 10.0. The predicted octanol–water partition coefficient (Wildman–Crippen LogP) is 4.66. The number of aromatic nitrogens is 1. The molecule has 1 amide bonds. The third kappa shape index (κ3) is 4.55. The number of nitrogens with zero attached hydrogens (tertiary/aromatic N) is 2. The van der Waals surface area contributed by atoms with Crippen LogP contribution in [-0.2, 0) is 22.9 Å². The molecular weight excluding hydrogens is 430 g/mol. The van der Waals surface area contributed by atoms with Crippen LogP contribution in [0.4, 0.5) is 10.8 Å². The van der Waals surface area contributed by atoms with E-state index >= 15 is 0 Å². The Hall–Kier alpha value is -2.97. The van der Waals surface area contributed by atoms with Crippen LogP contribution in [0.15, 0.2) is 72.1 Å². The Labute approximate surface area is 186 Å². The van der Waals surface area contributed by atoms with Gasteiger partial charge in [0.25, 0.3) is 15.9 Å². The zero-order valence-electron chi connectivity index (χ0n) is 17.0. The molecule has 1 aliphatic rings. The molecule has 3 aromatic rings. The van der Waals surface area contributed by atoms with Crippen LogP contribution in [0.2, 0.25) is 0 Å². The van der Waals surface area contributed by atoms with E-state index in [-0.39, 0.29) is 22.9 Å². The number of nitrogens with one attached hydrogen (secondary N) is 1. The van der Waals surface area contributed by atoms with E-state index in [4.69, 9.17) is 0 Å². The van der Waals surface area contributed by atoms with Crippen molar-refractivity contribution in [2.24, 2.45) is 0 Å². The highest BCUT2D eigenvalue weighted by atomic mass is 32.2. The Bertz CT molecular complexity index is 1180. The van der Waals surface area contributed by atoms with Crippen molar-refractivity contribution in [3.8, 4) is 0 Å². The molecule has 0 fully saturated rings. The average Bonchev–Trinajstić information content (AvgIpc) is 3.20. The maximum Gasteiger partial charge on any atom is 0.264 e. The number of fused-ring (bicyclic) bond motifs is 1. The van der Waals surface area contributed by atoms with Crippen molar-refractivity contribution >= 4 is 38.1 Å². The lowest BCUT2D eigenvalue weighted by Gasteiger charge is -2.23. The molecule has 1 aliphatic carbocycles. The van der Waals surface area contributed by atoms with Crippen LogP contribution in [-0.4, -0.2) is 25.9 Å². The first-order chi connectivity index (χ1) is 15.0. The third-order valence-corrected chi connectivity index (χ3v) is 7.95. The number of anilines is 2. The topological polar surface area (TPSA) is 79.4 Å². The molecule has 8 heteroatoms. The van der Waals surface area contributed by atoms with E-state index in [9.17, 15) is 13.2 Å². The molecule has 0 atom stereocenters. The lowest BCUT2D eigenvalue weighted by molar-refractivity contribution is 0.102. The van der Waals surface area contributed by atoms with Gasteiger partial charge in [0, 0.05) is 10.4 Å². The van der Waals surface area contributed by atoms with Crippen LogP contribution in [0, 0.1) is 0 Å². The fraction of sp³-hybridized carbons (Fsp3) is 0.217. The highest BCUT2D eigenvalue weighted by molar-refractivity contribution is 7.92. The van der Waals surface area contributed by atoms with Gasteiger partial charge in [-0.05, 0) is 56.0 Å². The first kappa shape index (κ1) is 21.3. The SMILES string of the molecule is C=CCN(c1ccccc1)S(=O)(=O)c1cccc(C(=O)Nc2nc3c(s2)CCCC3)c1. The summed E-state index contributed by atoms with van der Waals surface area (Å²) in [5, 5.41) is 3.38. The molecule has 1 aromatic heterocycles. The van der Waals surface area contributed by atoms with Gasteiger partial charge in [-0.3, -0.25) is 14.4 Å². The van der Waals surface area contributed by atoms with Crippen molar-refractivity contribution in [1.29, 1.82) is 0 Å². The number of sulfonamides is 1. The first-order valence-electron chi connectivity index (χ1n) is 10.1. The number of hydrogen-bond donors (Lipinski definition) is 1. The molecular formula is C23H23N3O3S2. The first-order valence-corrected chi connectivity index (χ1v) is 12.3. The molecule has 2 aromatic carbocycles. The summed E-state index contributed by atoms with van der Waals surface area (Å²) in [7, 11) is -3.88. The van der Waals surface area contributed by atoms with Gasteiger partial charge in [0.15, 0.2) is 5.13 Å². The zero-order chi connectivity index (χ0) is 21.8. The minimum Gasteiger partial charge on any atom is -0.298 e. The monoisotopic (exact) mass is 453 g/mol. The summed E-state index contributed by atoms with van der Waals surface area (Å²) in [6.07, 6.45) is 5.73. The molecule has 0 spiro atoms. The van der Waals surface area contributed by atoms with Gasteiger partial charge in [-0.15, -0.1) is 17.9 Å². The smallest absolute Gasteiger partial charge is 0.264 e. The Morgan fingerprint density at radius 2 is 1.90 bits per heavy atom. The van der Waals surface area contributed by atoms with Gasteiger partial charge in [-0.25, -0.2) is 13.4 Å². The number of aryl methyl sites for hydroxylation is 2. The van der Waals surface area contributed by atoms with Gasteiger partial charge in [-0.1, -0.05) is 30.3 Å². The van der Waals surface area contributed by atoms with Gasteiger partial charge < -0.3 is 0 Å². The minimum atomic E-state index is -3.88. The average molecular weight is 454 g/mol. The minimum absolute atomic E-state index is 0.0456. The summed E-state index contributed by atoms with van der Waals surface area (Å²) in [6, 6.07) is 14.9. The number of hydrogen-bond acceptors (Lipinski definition) is 5. The number of para-hydroxylation sites is 1. The summed E-state index contributed by atoms with van der Waals surface area (Å²) in [5.41, 5.74) is 1.86. The van der Waals surface area contributed by atoms with Gasteiger partial charge in [0.2, 0.25) is 0 Å². The number of amides is 1. The normalized spacial score (nSPS) is 13.3. The fourth-order valence-electron chi connectivity index (χ4n) is 3.55. The van der Waals surface area contributed by atoms with E-state index in [0.717, 1.165) is 31.4 Å². The number of benzene rings is 2. The Morgan fingerprint density at radius 3 is 2.65 bits per heavy atom. The Morgan fingerprint density at radius 1 is 1.13 bits per heavy atom. The van der Waals surface area contributed by atoms with Crippen LogP contribution < -0.4 is 9.62 Å². The van der Waals surface area contributed by atoms with Gasteiger partial charge in [-0.2, -0.15) is 0 Å². The summed E-state index contributed by atoms with van der Waals surface area (Å²) < 4.78 is 27.9. The summed E-state index contributed by atoms with van der Waals surface area (Å²) >= 11 is 1.50. The van der Waals surface area contributed by atoms with Crippen molar-refractivity contribution < 1.29 is 13.2 Å².